The molecule has 1 aromatic heterocycles. The summed E-state index contributed by atoms with van der Waals surface area (Å²) in [7, 11) is 0. The molecule has 0 aromatic carbocycles. The van der Waals surface area contributed by atoms with E-state index in [1.54, 1.807) is 0 Å². The molecule has 0 bridgehead atoms. The summed E-state index contributed by atoms with van der Waals surface area (Å²) in [6.07, 6.45) is -3.09. The average Bonchev–Trinajstić information content (AvgIpc) is 2.08. The van der Waals surface area contributed by atoms with E-state index in [4.69, 9.17) is 0 Å². The molecule has 0 aliphatic carbocycles. The second-order valence-corrected chi connectivity index (χ2v) is 3.25. The van der Waals surface area contributed by atoms with Crippen molar-refractivity contribution in [3.63, 3.8) is 0 Å². The lowest BCUT2D eigenvalue weighted by Crippen LogP contribution is -2.01. The summed E-state index contributed by atoms with van der Waals surface area (Å²) in [4.78, 5) is 12.5. The number of nitrogens with zero attached hydrogens (tertiary/aromatic N) is 2. The molecule has 0 aliphatic rings. The van der Waals surface area contributed by atoms with Gasteiger partial charge in [0.05, 0.1) is 5.56 Å². The van der Waals surface area contributed by atoms with Gasteiger partial charge < -0.3 is 10.1 Å². The number of hydrogen-bond donors (Lipinski definition) is 0. The number of alkyl halides is 2. The Morgan fingerprint density at radius 2 is 2.14 bits per heavy atom. The Bertz CT molecular complexity index is 386. The van der Waals surface area contributed by atoms with Crippen LogP contribution < -0.4 is 0 Å². The molecule has 0 aliphatic heterocycles. The van der Waals surface area contributed by atoms with Crippen molar-refractivity contribution in [2.75, 3.05) is 0 Å². The van der Waals surface area contributed by atoms with E-state index in [9.17, 15) is 23.3 Å². The highest BCUT2D eigenvalue weighted by atomic mass is 127. The molecule has 1 rings (SSSR count). The summed E-state index contributed by atoms with van der Waals surface area (Å²) in [5.74, 6) is -2.00. The lowest BCUT2D eigenvalue weighted by Gasteiger charge is -2.00. The second-order valence-electron chi connectivity index (χ2n) is 2.23. The van der Waals surface area contributed by atoms with E-state index in [-0.39, 0.29) is 0 Å². The molecular weight excluding hydrogens is 316 g/mol. The fraction of sp³-hybridized carbons (Fsp3) is 0.167. The molecule has 1 aromatic rings. The summed E-state index contributed by atoms with van der Waals surface area (Å²) >= 11 is 1.32. The Kier molecular flexibility index (Phi) is 3.24. The molecule has 0 N–H and O–H groups in total. The summed E-state index contributed by atoms with van der Waals surface area (Å²) in [5.41, 5.74) is -1.00. The lowest BCUT2D eigenvalue weighted by molar-refractivity contribution is -0.389. The third-order valence-electron chi connectivity index (χ3n) is 1.35. The number of rotatable bonds is 2. The normalized spacial score (nSPS) is 10.6. The maximum atomic E-state index is 12.9. The molecule has 0 fully saturated rings. The van der Waals surface area contributed by atoms with E-state index < -0.39 is 32.2 Å². The Balaban J connectivity index is 3.35. The van der Waals surface area contributed by atoms with Crippen molar-refractivity contribution in [1.82, 2.24) is 4.98 Å². The zero-order valence-corrected chi connectivity index (χ0v) is 8.53. The van der Waals surface area contributed by atoms with Gasteiger partial charge in [-0.05, 0) is 9.91 Å². The van der Waals surface area contributed by atoms with E-state index in [1.165, 1.54) is 22.6 Å². The molecule has 0 amide bonds. The first kappa shape index (κ1) is 11.1. The van der Waals surface area contributed by atoms with E-state index >= 15 is 0 Å². The highest BCUT2D eigenvalue weighted by Gasteiger charge is 2.24. The van der Waals surface area contributed by atoms with Crippen LogP contribution in [0, 0.1) is 19.6 Å². The predicted molar refractivity (Wildman–Crippen MR) is 48.5 cm³/mol. The monoisotopic (exact) mass is 318 g/mol. The zero-order chi connectivity index (χ0) is 10.9. The van der Waals surface area contributed by atoms with Crippen LogP contribution >= 0.6 is 22.6 Å². The fourth-order valence-corrected chi connectivity index (χ4v) is 1.31. The van der Waals surface area contributed by atoms with Gasteiger partial charge in [0.25, 0.3) is 6.43 Å². The summed E-state index contributed by atoms with van der Waals surface area (Å²) < 4.78 is 36.8. The van der Waals surface area contributed by atoms with Crippen LogP contribution in [0.4, 0.5) is 19.0 Å². The third-order valence-corrected chi connectivity index (χ3v) is 2.07. The van der Waals surface area contributed by atoms with Crippen LogP contribution in [0.25, 0.3) is 0 Å². The second kappa shape index (κ2) is 4.07. The molecule has 0 saturated heterocycles. The van der Waals surface area contributed by atoms with Gasteiger partial charge in [-0.15, -0.1) is 0 Å². The fourth-order valence-electron chi connectivity index (χ4n) is 0.756. The molecule has 0 saturated carbocycles. The van der Waals surface area contributed by atoms with Gasteiger partial charge in [0.1, 0.15) is 0 Å². The van der Waals surface area contributed by atoms with Crippen molar-refractivity contribution in [2.45, 2.75) is 6.43 Å². The van der Waals surface area contributed by atoms with Crippen LogP contribution in [-0.2, 0) is 0 Å². The maximum absolute atomic E-state index is 12.9. The number of aromatic nitrogens is 1. The van der Waals surface area contributed by atoms with Gasteiger partial charge in [0.2, 0.25) is 3.70 Å². The van der Waals surface area contributed by atoms with Crippen LogP contribution in [-0.4, -0.2) is 9.91 Å². The van der Waals surface area contributed by atoms with Crippen LogP contribution in [0.3, 0.4) is 0 Å². The van der Waals surface area contributed by atoms with E-state index in [2.05, 4.69) is 4.98 Å². The minimum Gasteiger partial charge on any atom is -0.358 e. The summed E-state index contributed by atoms with van der Waals surface area (Å²) in [5, 5.41) is 10.2. The average molecular weight is 318 g/mol. The zero-order valence-electron chi connectivity index (χ0n) is 6.38. The van der Waals surface area contributed by atoms with E-state index in [0.717, 1.165) is 0 Å². The van der Waals surface area contributed by atoms with Crippen LogP contribution in [0.5, 0.6) is 0 Å². The molecule has 76 valence electrons. The van der Waals surface area contributed by atoms with Crippen molar-refractivity contribution < 1.29 is 18.1 Å². The minimum atomic E-state index is -3.09. The molecule has 4 nitrogen and oxygen atoms in total. The van der Waals surface area contributed by atoms with Crippen molar-refractivity contribution in [3.05, 3.63) is 31.3 Å². The van der Waals surface area contributed by atoms with Crippen LogP contribution in [0.2, 0.25) is 0 Å². The molecule has 0 radical (unpaired) electrons. The third kappa shape index (κ3) is 2.11. The standard InChI is InChI=1S/C6H2F3IN2O2/c7-4-2(5(8)9)1-3(12(13)14)11-6(4)10/h1,5H. The van der Waals surface area contributed by atoms with Gasteiger partial charge in [0, 0.05) is 28.7 Å². The van der Waals surface area contributed by atoms with Crippen molar-refractivity contribution >= 4 is 28.4 Å². The van der Waals surface area contributed by atoms with Gasteiger partial charge >= 0.3 is 5.82 Å². The topological polar surface area (TPSA) is 56.0 Å². The van der Waals surface area contributed by atoms with Gasteiger partial charge in [-0.25, -0.2) is 13.2 Å². The SMILES string of the molecule is O=[N+]([O-])c1cc(C(F)F)c(F)c(I)n1. The number of nitro groups is 1. The summed E-state index contributed by atoms with van der Waals surface area (Å²) in [6, 6.07) is 0.433. The van der Waals surface area contributed by atoms with Gasteiger partial charge in [-0.3, -0.25) is 0 Å². The molecular formula is C6H2F3IN2O2. The predicted octanol–water partition coefficient (Wildman–Crippen LogP) is 2.67. The molecule has 0 unspecified atom stereocenters. The number of hydrogen-bond acceptors (Lipinski definition) is 3. The summed E-state index contributed by atoms with van der Waals surface area (Å²) in [6.45, 7) is 0. The number of pyridine rings is 1. The maximum Gasteiger partial charge on any atom is 0.365 e. The number of halogens is 4. The molecule has 1 heterocycles. The minimum absolute atomic E-state index is 0.433. The first-order valence-corrected chi connectivity index (χ1v) is 4.30. The van der Waals surface area contributed by atoms with E-state index in [0.29, 0.717) is 6.07 Å². The smallest absolute Gasteiger partial charge is 0.358 e. The largest absolute Gasteiger partial charge is 0.365 e. The van der Waals surface area contributed by atoms with Gasteiger partial charge in [0.15, 0.2) is 5.82 Å². The van der Waals surface area contributed by atoms with E-state index in [1.807, 2.05) is 0 Å². The molecule has 8 heteroatoms. The first-order valence-electron chi connectivity index (χ1n) is 3.22. The van der Waals surface area contributed by atoms with Gasteiger partial charge in [-0.1, -0.05) is 0 Å². The van der Waals surface area contributed by atoms with Crippen molar-refractivity contribution in [2.24, 2.45) is 0 Å². The van der Waals surface area contributed by atoms with Crippen LogP contribution in [0.15, 0.2) is 6.07 Å². The molecule has 14 heavy (non-hydrogen) atoms. The highest BCUT2D eigenvalue weighted by Crippen LogP contribution is 2.27. The quantitative estimate of drug-likeness (QED) is 0.365. The Hall–Kier alpha value is -0.930. The Morgan fingerprint density at radius 3 is 2.57 bits per heavy atom. The van der Waals surface area contributed by atoms with Crippen molar-refractivity contribution in [1.29, 1.82) is 0 Å². The molecule has 0 spiro atoms. The first-order chi connectivity index (χ1) is 6.43. The Labute approximate surface area is 89.4 Å². The lowest BCUT2D eigenvalue weighted by atomic mass is 10.2. The van der Waals surface area contributed by atoms with Crippen molar-refractivity contribution in [3.8, 4) is 0 Å². The highest BCUT2D eigenvalue weighted by molar-refractivity contribution is 14.1. The molecule has 0 atom stereocenters. The Morgan fingerprint density at radius 1 is 1.57 bits per heavy atom. The van der Waals surface area contributed by atoms with Gasteiger partial charge in [-0.2, -0.15) is 0 Å². The van der Waals surface area contributed by atoms with Crippen LogP contribution in [0.1, 0.15) is 12.0 Å².